The summed E-state index contributed by atoms with van der Waals surface area (Å²) in [6, 6.07) is 5.64. The van der Waals surface area contributed by atoms with E-state index in [0.717, 1.165) is 5.56 Å². The molecule has 0 spiro atoms. The maximum atomic E-state index is 11.1. The average molecular weight is 222 g/mol. The molecule has 0 aliphatic carbocycles. The quantitative estimate of drug-likeness (QED) is 0.739. The van der Waals surface area contributed by atoms with Gasteiger partial charge in [-0.3, -0.25) is 4.79 Å². The summed E-state index contributed by atoms with van der Waals surface area (Å²) in [4.78, 5) is 11.1. The van der Waals surface area contributed by atoms with Gasteiger partial charge in [0.2, 0.25) is 5.91 Å². The first-order valence-corrected chi connectivity index (χ1v) is 5.39. The number of nitrogen functional groups attached to an aromatic ring is 1. The summed E-state index contributed by atoms with van der Waals surface area (Å²) < 4.78 is 5.33. The van der Waals surface area contributed by atoms with Crippen LogP contribution in [0.3, 0.4) is 0 Å². The molecule has 0 bridgehead atoms. The molecule has 0 aromatic heterocycles. The number of anilines is 1. The molecular weight excluding hydrogens is 204 g/mol. The van der Waals surface area contributed by atoms with E-state index in [-0.39, 0.29) is 5.91 Å². The van der Waals surface area contributed by atoms with Gasteiger partial charge in [-0.25, -0.2) is 0 Å². The van der Waals surface area contributed by atoms with Crippen molar-refractivity contribution in [3.63, 3.8) is 0 Å². The second-order valence-corrected chi connectivity index (χ2v) is 3.48. The van der Waals surface area contributed by atoms with Crippen LogP contribution in [0.15, 0.2) is 18.2 Å². The Kier molecular flexibility index (Phi) is 4.64. The van der Waals surface area contributed by atoms with Gasteiger partial charge in [0.1, 0.15) is 5.75 Å². The first kappa shape index (κ1) is 12.4. The van der Waals surface area contributed by atoms with Crippen molar-refractivity contribution in [3.8, 4) is 5.75 Å². The molecule has 4 heteroatoms. The Morgan fingerprint density at radius 2 is 2.25 bits per heavy atom. The lowest BCUT2D eigenvalue weighted by Gasteiger charge is -2.08. The zero-order chi connectivity index (χ0) is 12.0. The van der Waals surface area contributed by atoms with Gasteiger partial charge >= 0.3 is 0 Å². The molecule has 4 nitrogen and oxygen atoms in total. The lowest BCUT2D eigenvalue weighted by atomic mass is 10.1. The molecule has 1 aromatic carbocycles. The molecule has 1 amide bonds. The summed E-state index contributed by atoms with van der Waals surface area (Å²) in [6.07, 6.45) is 1.17. The van der Waals surface area contributed by atoms with Crippen molar-refractivity contribution in [2.45, 2.75) is 19.8 Å². The highest BCUT2D eigenvalue weighted by molar-refractivity contribution is 5.75. The third-order valence-corrected chi connectivity index (χ3v) is 2.29. The molecule has 0 aliphatic rings. The highest BCUT2D eigenvalue weighted by atomic mass is 16.5. The topological polar surface area (TPSA) is 64.3 Å². The molecule has 0 unspecified atom stereocenters. The Labute approximate surface area is 95.8 Å². The van der Waals surface area contributed by atoms with Crippen molar-refractivity contribution in [3.05, 3.63) is 23.8 Å². The van der Waals surface area contributed by atoms with Crippen molar-refractivity contribution < 1.29 is 9.53 Å². The van der Waals surface area contributed by atoms with E-state index in [4.69, 9.17) is 10.5 Å². The zero-order valence-corrected chi connectivity index (χ0v) is 9.75. The lowest BCUT2D eigenvalue weighted by Crippen LogP contribution is -2.17. The largest absolute Gasteiger partial charge is 0.492 e. The number of benzene rings is 1. The van der Waals surface area contributed by atoms with E-state index in [1.807, 2.05) is 25.1 Å². The highest BCUT2D eigenvalue weighted by Gasteiger charge is 2.03. The molecule has 0 saturated carbocycles. The van der Waals surface area contributed by atoms with Gasteiger partial charge < -0.3 is 15.8 Å². The number of nitrogens with two attached hydrogens (primary N) is 1. The zero-order valence-electron chi connectivity index (χ0n) is 9.75. The van der Waals surface area contributed by atoms with Crippen LogP contribution in [0.1, 0.15) is 18.9 Å². The van der Waals surface area contributed by atoms with Crippen LogP contribution >= 0.6 is 0 Å². The second-order valence-electron chi connectivity index (χ2n) is 3.48. The number of nitrogens with one attached hydrogen (secondary N) is 1. The second kappa shape index (κ2) is 6.00. The van der Waals surface area contributed by atoms with Crippen LogP contribution in [-0.2, 0) is 11.2 Å². The maximum absolute atomic E-state index is 11.1. The highest BCUT2D eigenvalue weighted by Crippen LogP contribution is 2.22. The number of hydrogen-bond donors (Lipinski definition) is 2. The van der Waals surface area contributed by atoms with Crippen molar-refractivity contribution in [2.24, 2.45) is 0 Å². The summed E-state index contributed by atoms with van der Waals surface area (Å²) in [7, 11) is 1.63. The minimum atomic E-state index is 0.0347. The summed E-state index contributed by atoms with van der Waals surface area (Å²) in [5, 5.41) is 2.59. The van der Waals surface area contributed by atoms with Crippen LogP contribution in [0.25, 0.3) is 0 Å². The third kappa shape index (κ3) is 3.46. The van der Waals surface area contributed by atoms with E-state index in [1.54, 1.807) is 7.05 Å². The minimum Gasteiger partial charge on any atom is -0.492 e. The Balaban J connectivity index is 2.62. The van der Waals surface area contributed by atoms with Gasteiger partial charge in [0.05, 0.1) is 12.3 Å². The van der Waals surface area contributed by atoms with Crippen LogP contribution in [0.4, 0.5) is 5.69 Å². The van der Waals surface area contributed by atoms with E-state index >= 15 is 0 Å². The number of amides is 1. The molecule has 88 valence electrons. The Morgan fingerprint density at radius 1 is 1.50 bits per heavy atom. The van der Waals surface area contributed by atoms with Crippen molar-refractivity contribution in [1.82, 2.24) is 5.32 Å². The molecule has 1 aromatic rings. The molecule has 0 heterocycles. The number of carbonyl (C=O) groups excluding carboxylic acids is 1. The predicted molar refractivity (Wildman–Crippen MR) is 64.4 cm³/mol. The van der Waals surface area contributed by atoms with Crippen LogP contribution in [0, 0.1) is 0 Å². The van der Waals surface area contributed by atoms with Crippen molar-refractivity contribution in [1.29, 1.82) is 0 Å². The first-order chi connectivity index (χ1) is 7.67. The van der Waals surface area contributed by atoms with E-state index in [2.05, 4.69) is 5.32 Å². The van der Waals surface area contributed by atoms with E-state index < -0.39 is 0 Å². The van der Waals surface area contributed by atoms with Gasteiger partial charge in [-0.15, -0.1) is 0 Å². The summed E-state index contributed by atoms with van der Waals surface area (Å²) in [5.74, 6) is 0.735. The van der Waals surface area contributed by atoms with E-state index in [1.165, 1.54) is 0 Å². The van der Waals surface area contributed by atoms with Crippen LogP contribution in [0.2, 0.25) is 0 Å². The fourth-order valence-corrected chi connectivity index (χ4v) is 1.42. The number of hydrogen-bond acceptors (Lipinski definition) is 3. The first-order valence-electron chi connectivity index (χ1n) is 5.39. The average Bonchev–Trinajstić information content (AvgIpc) is 2.29. The molecule has 1 rings (SSSR count). The predicted octanol–water partition coefficient (Wildman–Crippen LogP) is 1.35. The molecule has 0 aliphatic heterocycles. The Morgan fingerprint density at radius 3 is 2.81 bits per heavy atom. The standard InChI is InChI=1S/C12H18N2O2/c1-3-16-11-6-4-9(8-10(11)13)5-7-12(15)14-2/h4,6,8H,3,5,7,13H2,1-2H3,(H,14,15). The van der Waals surface area contributed by atoms with Gasteiger partial charge in [-0.1, -0.05) is 6.07 Å². The number of rotatable bonds is 5. The monoisotopic (exact) mass is 222 g/mol. The van der Waals surface area contributed by atoms with Crippen LogP contribution in [-0.4, -0.2) is 19.6 Å². The fraction of sp³-hybridized carbons (Fsp3) is 0.417. The van der Waals surface area contributed by atoms with Gasteiger partial charge in [-0.2, -0.15) is 0 Å². The molecular formula is C12H18N2O2. The maximum Gasteiger partial charge on any atom is 0.220 e. The Hall–Kier alpha value is -1.71. The van der Waals surface area contributed by atoms with Gasteiger partial charge in [-0.05, 0) is 31.0 Å². The SMILES string of the molecule is CCOc1ccc(CCC(=O)NC)cc1N. The van der Waals surface area contributed by atoms with Crippen LogP contribution in [0.5, 0.6) is 5.75 Å². The van der Waals surface area contributed by atoms with Gasteiger partial charge in [0.25, 0.3) is 0 Å². The molecule has 0 saturated heterocycles. The molecule has 0 fully saturated rings. The smallest absolute Gasteiger partial charge is 0.220 e. The van der Waals surface area contributed by atoms with Crippen molar-refractivity contribution in [2.75, 3.05) is 19.4 Å². The molecule has 0 radical (unpaired) electrons. The lowest BCUT2D eigenvalue weighted by molar-refractivity contribution is -0.120. The van der Waals surface area contributed by atoms with Crippen molar-refractivity contribution >= 4 is 11.6 Å². The summed E-state index contributed by atoms with van der Waals surface area (Å²) in [5.41, 5.74) is 7.49. The van der Waals surface area contributed by atoms with E-state index in [0.29, 0.717) is 30.9 Å². The summed E-state index contributed by atoms with van der Waals surface area (Å²) >= 11 is 0. The van der Waals surface area contributed by atoms with Gasteiger partial charge in [0, 0.05) is 13.5 Å². The van der Waals surface area contributed by atoms with Gasteiger partial charge in [0.15, 0.2) is 0 Å². The molecule has 0 atom stereocenters. The molecule has 3 N–H and O–H groups in total. The summed E-state index contributed by atoms with van der Waals surface area (Å²) in [6.45, 7) is 2.51. The van der Waals surface area contributed by atoms with Crippen LogP contribution < -0.4 is 15.8 Å². The minimum absolute atomic E-state index is 0.0347. The fourth-order valence-electron chi connectivity index (χ4n) is 1.42. The normalized spacial score (nSPS) is 9.88. The Bertz CT molecular complexity index is 364. The van der Waals surface area contributed by atoms with E-state index in [9.17, 15) is 4.79 Å². The third-order valence-electron chi connectivity index (χ3n) is 2.29. The number of aryl methyl sites for hydroxylation is 1. The number of ether oxygens (including phenoxy) is 1. The molecule has 16 heavy (non-hydrogen) atoms. The number of carbonyl (C=O) groups is 1.